The predicted molar refractivity (Wildman–Crippen MR) is 424 cm³/mol. The van der Waals surface area contributed by atoms with Crippen LogP contribution in [0.15, 0.2) is 97.2 Å². The lowest BCUT2D eigenvalue weighted by molar-refractivity contribution is -0.379. The van der Waals surface area contributed by atoms with Crippen molar-refractivity contribution in [1.29, 1.82) is 0 Å². The van der Waals surface area contributed by atoms with Gasteiger partial charge in [0, 0.05) is 6.42 Å². The van der Waals surface area contributed by atoms with Crippen molar-refractivity contribution < 1.29 is 89.4 Å². The highest BCUT2D eigenvalue weighted by Crippen LogP contribution is 2.33. The van der Waals surface area contributed by atoms with Gasteiger partial charge in [-0.25, -0.2) is 0 Å². The first-order valence-electron chi connectivity index (χ1n) is 42.5. The highest BCUT2D eigenvalue weighted by molar-refractivity contribution is 5.76. The summed E-state index contributed by atoms with van der Waals surface area (Å²) >= 11 is 0. The van der Waals surface area contributed by atoms with Gasteiger partial charge < -0.3 is 89.9 Å². The van der Waals surface area contributed by atoms with Crippen molar-refractivity contribution >= 4 is 5.91 Å². The zero-order valence-corrected chi connectivity index (χ0v) is 65.9. The van der Waals surface area contributed by atoms with Gasteiger partial charge in [0.2, 0.25) is 5.91 Å². The minimum Gasteiger partial charge on any atom is -0.394 e. The molecule has 0 radical (unpaired) electrons. The number of ether oxygens (including phenoxy) is 6. The smallest absolute Gasteiger partial charge is 0.220 e. The SMILES string of the molecule is CC/C=C\C/C=C\C/C=C\C/C=C\C/C=C\CCCCCCCCCCCCCCCCCCCCCC(=O)NC(COC1OC(CO)C(OC2OC(CO)C(OC3OC(CO)C(O)C(O)C3O)C(O)C2O)C(O)C1O)C(O)/C=C/CC/C=C/CC/C=C/CCCCCCCCCCCCCCCCCC. The molecule has 3 heterocycles. The molecular formula is C87H153NO18. The van der Waals surface area contributed by atoms with Crippen molar-refractivity contribution in [2.45, 2.75) is 420 Å². The Bertz CT molecular complexity index is 2290. The van der Waals surface area contributed by atoms with E-state index < -0.39 is 124 Å². The Balaban J connectivity index is 1.36. The summed E-state index contributed by atoms with van der Waals surface area (Å²) in [5, 5.41) is 121. The van der Waals surface area contributed by atoms with Gasteiger partial charge in [0.1, 0.15) is 73.2 Å². The second kappa shape index (κ2) is 66.3. The number of carbonyl (C=O) groups excluding carboxylic acids is 1. The lowest BCUT2D eigenvalue weighted by Crippen LogP contribution is -2.66. The zero-order valence-electron chi connectivity index (χ0n) is 65.9. The van der Waals surface area contributed by atoms with Crippen LogP contribution in [0.5, 0.6) is 0 Å². The molecule has 614 valence electrons. The van der Waals surface area contributed by atoms with Gasteiger partial charge in [0.05, 0.1) is 38.6 Å². The van der Waals surface area contributed by atoms with Crippen LogP contribution in [0.4, 0.5) is 0 Å². The molecule has 1 amide bonds. The first kappa shape index (κ1) is 96.9. The van der Waals surface area contributed by atoms with E-state index in [0.29, 0.717) is 12.8 Å². The Morgan fingerprint density at radius 1 is 0.349 bits per heavy atom. The van der Waals surface area contributed by atoms with Crippen molar-refractivity contribution in [1.82, 2.24) is 5.32 Å². The van der Waals surface area contributed by atoms with E-state index in [1.54, 1.807) is 6.08 Å². The number of nitrogens with one attached hydrogen (secondary N) is 1. The first-order valence-corrected chi connectivity index (χ1v) is 42.5. The van der Waals surface area contributed by atoms with Crippen molar-refractivity contribution in [2.75, 3.05) is 26.4 Å². The molecule has 0 aromatic carbocycles. The number of carbonyl (C=O) groups is 1. The Morgan fingerprint density at radius 3 is 1.06 bits per heavy atom. The second-order valence-electron chi connectivity index (χ2n) is 29.9. The molecule has 12 N–H and O–H groups in total. The van der Waals surface area contributed by atoms with E-state index in [9.17, 15) is 61.0 Å². The van der Waals surface area contributed by atoms with Crippen LogP contribution in [0.25, 0.3) is 0 Å². The average Bonchev–Trinajstić information content (AvgIpc) is 0.779. The topological polar surface area (TPSA) is 307 Å². The normalized spacial score (nSPS) is 26.1. The number of aliphatic hydroxyl groups excluding tert-OH is 11. The van der Waals surface area contributed by atoms with Gasteiger partial charge in [0.15, 0.2) is 18.9 Å². The lowest BCUT2D eigenvalue weighted by atomic mass is 9.96. The molecule has 3 aliphatic rings. The molecule has 17 unspecified atom stereocenters. The van der Waals surface area contributed by atoms with E-state index >= 15 is 0 Å². The van der Waals surface area contributed by atoms with E-state index in [1.165, 1.54) is 205 Å². The quantitative estimate of drug-likeness (QED) is 0.0199. The molecule has 0 saturated carbocycles. The van der Waals surface area contributed by atoms with Gasteiger partial charge in [-0.3, -0.25) is 4.79 Å². The molecule has 0 aliphatic carbocycles. The first-order chi connectivity index (χ1) is 51.8. The molecular weight excluding hydrogens is 1350 g/mol. The highest BCUT2D eigenvalue weighted by Gasteiger charge is 2.54. The molecule has 0 aromatic heterocycles. The van der Waals surface area contributed by atoms with Crippen LogP contribution in [0.1, 0.15) is 316 Å². The Kier molecular flexibility index (Phi) is 60.6. The number of hydrogen-bond acceptors (Lipinski definition) is 18. The molecule has 19 nitrogen and oxygen atoms in total. The van der Waals surface area contributed by atoms with Crippen LogP contribution in [-0.2, 0) is 33.2 Å². The maximum Gasteiger partial charge on any atom is 0.220 e. The zero-order chi connectivity index (χ0) is 76.7. The molecule has 3 fully saturated rings. The molecule has 3 aliphatic heterocycles. The highest BCUT2D eigenvalue weighted by atomic mass is 16.8. The number of unbranched alkanes of at least 4 members (excludes halogenated alkanes) is 37. The van der Waals surface area contributed by atoms with Gasteiger partial charge in [-0.1, -0.05) is 317 Å². The summed E-state index contributed by atoms with van der Waals surface area (Å²) in [6, 6.07) is -1.00. The Morgan fingerprint density at radius 2 is 0.660 bits per heavy atom. The van der Waals surface area contributed by atoms with Gasteiger partial charge >= 0.3 is 0 Å². The number of rotatable bonds is 67. The number of allylic oxidation sites excluding steroid dienone is 15. The van der Waals surface area contributed by atoms with E-state index in [-0.39, 0.29) is 18.9 Å². The fourth-order valence-corrected chi connectivity index (χ4v) is 13.8. The third kappa shape index (κ3) is 45.3. The minimum absolute atomic E-state index is 0.230. The minimum atomic E-state index is -1.99. The van der Waals surface area contributed by atoms with E-state index in [4.69, 9.17) is 28.4 Å². The van der Waals surface area contributed by atoms with Crippen LogP contribution in [0.3, 0.4) is 0 Å². The monoisotopic (exact) mass is 1500 g/mol. The summed E-state index contributed by atoms with van der Waals surface area (Å²) in [4.78, 5) is 13.5. The van der Waals surface area contributed by atoms with Crippen LogP contribution in [0, 0.1) is 0 Å². The third-order valence-corrected chi connectivity index (χ3v) is 20.6. The Hall–Kier alpha value is -3.29. The molecule has 0 spiro atoms. The van der Waals surface area contributed by atoms with Gasteiger partial charge in [-0.05, 0) is 89.9 Å². The van der Waals surface area contributed by atoms with Crippen LogP contribution in [0.2, 0.25) is 0 Å². The standard InChI is InChI=1S/C87H153NO18/c1-3-5-7-9-11-13-15-17-19-21-23-25-27-29-31-32-33-34-35-36-37-38-39-41-43-45-47-49-51-53-55-57-59-61-63-65-75(93)88-70(71(92)64-62-60-58-56-54-52-50-48-46-44-42-40-30-28-26-24-22-20-18-16-14-12-10-8-6-4-2)69-101-85-81(99)78(96)83(73(67-90)103-85)106-87-82(100)79(97)84(74(68-91)104-87)105-86-80(98)77(95)76(94)72(66-89)102-86/h5,7,11,13,17,19,23,25,29,31,46,48,54,56,62,64,70-74,76-87,89-92,94-100H,3-4,6,8-10,12,14-16,18,20-22,24,26-28,30,32-45,47,49-53,55,57-61,63,65-69H2,1-2H3,(H,88,93)/b7-5-,13-11-,19-17-,25-23-,31-29-,48-46+,56-54+,64-62+. The summed E-state index contributed by atoms with van der Waals surface area (Å²) in [5.74, 6) is -0.287. The summed E-state index contributed by atoms with van der Waals surface area (Å²) in [6.07, 6.45) is 64.0. The van der Waals surface area contributed by atoms with Crippen molar-refractivity contribution in [3.8, 4) is 0 Å². The molecule has 0 bridgehead atoms. The van der Waals surface area contributed by atoms with Crippen LogP contribution < -0.4 is 5.32 Å². The number of amides is 1. The lowest BCUT2D eigenvalue weighted by Gasteiger charge is -2.48. The van der Waals surface area contributed by atoms with Gasteiger partial charge in [-0.2, -0.15) is 0 Å². The molecule has 3 saturated heterocycles. The largest absolute Gasteiger partial charge is 0.394 e. The van der Waals surface area contributed by atoms with Crippen LogP contribution in [-0.4, -0.2) is 193 Å². The fraction of sp³-hybridized carbons (Fsp3) is 0.805. The maximum atomic E-state index is 13.5. The molecule has 0 aromatic rings. The van der Waals surface area contributed by atoms with Crippen molar-refractivity contribution in [3.05, 3.63) is 97.2 Å². The summed E-state index contributed by atoms with van der Waals surface area (Å²) in [7, 11) is 0. The van der Waals surface area contributed by atoms with Crippen molar-refractivity contribution in [2.24, 2.45) is 0 Å². The third-order valence-electron chi connectivity index (χ3n) is 20.6. The number of hydrogen-bond donors (Lipinski definition) is 12. The second-order valence-corrected chi connectivity index (χ2v) is 29.9. The van der Waals surface area contributed by atoms with Gasteiger partial charge in [-0.15, -0.1) is 0 Å². The summed E-state index contributed by atoms with van der Waals surface area (Å²) in [5.41, 5.74) is 0. The molecule has 3 rings (SSSR count). The number of aliphatic hydroxyl groups is 11. The maximum absolute atomic E-state index is 13.5. The summed E-state index contributed by atoms with van der Waals surface area (Å²) < 4.78 is 34.5. The van der Waals surface area contributed by atoms with E-state index in [0.717, 1.165) is 77.0 Å². The van der Waals surface area contributed by atoms with Gasteiger partial charge in [0.25, 0.3) is 0 Å². The summed E-state index contributed by atoms with van der Waals surface area (Å²) in [6.45, 7) is 1.63. The van der Waals surface area contributed by atoms with Crippen LogP contribution >= 0.6 is 0 Å². The van der Waals surface area contributed by atoms with E-state index in [2.05, 4.69) is 104 Å². The predicted octanol–water partition coefficient (Wildman–Crippen LogP) is 15.1. The molecule has 19 heteroatoms. The molecule has 17 atom stereocenters. The molecule has 106 heavy (non-hydrogen) atoms. The Labute approximate surface area is 641 Å². The average molecular weight is 1500 g/mol. The van der Waals surface area contributed by atoms with Crippen molar-refractivity contribution in [3.63, 3.8) is 0 Å². The van der Waals surface area contributed by atoms with E-state index in [1.807, 2.05) is 6.08 Å². The fourth-order valence-electron chi connectivity index (χ4n) is 13.8.